The molecular formula is C24H26N6O. The highest BCUT2D eigenvalue weighted by Crippen LogP contribution is 2.28. The summed E-state index contributed by atoms with van der Waals surface area (Å²) in [6.07, 6.45) is 3.73. The van der Waals surface area contributed by atoms with Crippen LogP contribution in [-0.4, -0.2) is 52.8 Å². The van der Waals surface area contributed by atoms with E-state index in [2.05, 4.69) is 66.7 Å². The minimum atomic E-state index is 0.0506. The SMILES string of the molecule is O=c1[nH]c2cc(CN3CCN(c4ccc5cn[nH]c5c4)CC3)ccc2c2c1CCCN2. The van der Waals surface area contributed by atoms with Gasteiger partial charge in [0.05, 0.1) is 22.9 Å². The molecule has 0 saturated carbocycles. The van der Waals surface area contributed by atoms with Crippen molar-refractivity contribution in [3.8, 4) is 0 Å². The average molecular weight is 415 g/mol. The fourth-order valence-electron chi connectivity index (χ4n) is 4.95. The number of benzene rings is 2. The zero-order chi connectivity index (χ0) is 20.8. The predicted molar refractivity (Wildman–Crippen MR) is 125 cm³/mol. The fraction of sp³-hybridized carbons (Fsp3) is 0.333. The first-order chi connectivity index (χ1) is 15.2. The molecule has 2 aromatic carbocycles. The molecule has 0 bridgehead atoms. The van der Waals surface area contributed by atoms with Gasteiger partial charge >= 0.3 is 0 Å². The van der Waals surface area contributed by atoms with Crippen LogP contribution in [0.4, 0.5) is 11.4 Å². The number of anilines is 2. The van der Waals surface area contributed by atoms with Crippen LogP contribution in [0, 0.1) is 0 Å². The van der Waals surface area contributed by atoms with Gasteiger partial charge in [0.25, 0.3) is 5.56 Å². The number of fused-ring (bicyclic) bond motifs is 4. The molecule has 6 rings (SSSR count). The Morgan fingerprint density at radius 2 is 1.90 bits per heavy atom. The van der Waals surface area contributed by atoms with Crippen LogP contribution in [0.25, 0.3) is 21.8 Å². The van der Waals surface area contributed by atoms with Crippen molar-refractivity contribution in [2.45, 2.75) is 19.4 Å². The smallest absolute Gasteiger partial charge is 0.253 e. The minimum Gasteiger partial charge on any atom is -0.384 e. The summed E-state index contributed by atoms with van der Waals surface area (Å²) in [7, 11) is 0. The molecule has 0 unspecified atom stereocenters. The summed E-state index contributed by atoms with van der Waals surface area (Å²) in [4.78, 5) is 20.5. The van der Waals surface area contributed by atoms with E-state index in [0.29, 0.717) is 0 Å². The topological polar surface area (TPSA) is 80.1 Å². The Morgan fingerprint density at radius 1 is 1.00 bits per heavy atom. The quantitative estimate of drug-likeness (QED) is 0.480. The second kappa shape index (κ2) is 7.42. The van der Waals surface area contributed by atoms with Gasteiger partial charge in [-0.3, -0.25) is 14.8 Å². The lowest BCUT2D eigenvalue weighted by Gasteiger charge is -2.36. The van der Waals surface area contributed by atoms with E-state index in [0.717, 1.165) is 85.2 Å². The van der Waals surface area contributed by atoms with Crippen LogP contribution in [0.15, 0.2) is 47.4 Å². The number of pyridine rings is 1. The molecular weight excluding hydrogens is 388 g/mol. The van der Waals surface area contributed by atoms with Gasteiger partial charge in [0.2, 0.25) is 0 Å². The van der Waals surface area contributed by atoms with Gasteiger partial charge in [0.15, 0.2) is 0 Å². The van der Waals surface area contributed by atoms with Crippen molar-refractivity contribution in [1.29, 1.82) is 0 Å². The first-order valence-electron chi connectivity index (χ1n) is 11.1. The Kier molecular flexibility index (Phi) is 4.42. The number of aromatic nitrogens is 3. The molecule has 4 aromatic rings. The Morgan fingerprint density at radius 3 is 2.81 bits per heavy atom. The molecule has 0 amide bonds. The Balaban J connectivity index is 1.17. The van der Waals surface area contributed by atoms with Crippen LogP contribution >= 0.6 is 0 Å². The summed E-state index contributed by atoms with van der Waals surface area (Å²) in [6, 6.07) is 13.0. The van der Waals surface area contributed by atoms with E-state index < -0.39 is 0 Å². The van der Waals surface area contributed by atoms with Crippen LogP contribution in [0.5, 0.6) is 0 Å². The molecule has 1 fully saturated rings. The Hall–Kier alpha value is -3.32. The number of aromatic amines is 2. The summed E-state index contributed by atoms with van der Waals surface area (Å²) >= 11 is 0. The number of hydrogen-bond acceptors (Lipinski definition) is 5. The number of nitrogens with one attached hydrogen (secondary N) is 3. The van der Waals surface area contributed by atoms with Crippen molar-refractivity contribution in [1.82, 2.24) is 20.1 Å². The van der Waals surface area contributed by atoms with Crippen LogP contribution < -0.4 is 15.8 Å². The van der Waals surface area contributed by atoms with E-state index in [4.69, 9.17) is 0 Å². The average Bonchev–Trinajstić information content (AvgIpc) is 3.28. The monoisotopic (exact) mass is 414 g/mol. The standard InChI is InChI=1S/C24H26N6O/c31-24-20-2-1-7-25-23(20)19-6-3-16(12-22(19)27-24)15-29-8-10-30(11-9-29)18-5-4-17-14-26-28-21(17)13-18/h3-6,12-14,25H,1-2,7-11,15H2,(H,26,28)(H,27,31). The van der Waals surface area contributed by atoms with Gasteiger partial charge in [-0.05, 0) is 42.7 Å². The predicted octanol–water partition coefficient (Wildman–Crippen LogP) is 3.08. The molecule has 3 N–H and O–H groups in total. The van der Waals surface area contributed by atoms with Crippen molar-refractivity contribution in [3.05, 3.63) is 64.1 Å². The zero-order valence-corrected chi connectivity index (χ0v) is 17.4. The van der Waals surface area contributed by atoms with Crippen molar-refractivity contribution < 1.29 is 0 Å². The molecule has 1 saturated heterocycles. The molecule has 2 aromatic heterocycles. The number of hydrogen-bond donors (Lipinski definition) is 3. The van der Waals surface area contributed by atoms with Gasteiger partial charge in [-0.15, -0.1) is 0 Å². The van der Waals surface area contributed by atoms with E-state index in [1.807, 2.05) is 6.20 Å². The van der Waals surface area contributed by atoms with E-state index in [9.17, 15) is 4.79 Å². The molecule has 2 aliphatic rings. The molecule has 0 aliphatic carbocycles. The third-order valence-corrected chi connectivity index (χ3v) is 6.65. The highest BCUT2D eigenvalue weighted by atomic mass is 16.1. The van der Waals surface area contributed by atoms with Crippen LogP contribution in [-0.2, 0) is 13.0 Å². The largest absolute Gasteiger partial charge is 0.384 e. The van der Waals surface area contributed by atoms with Gasteiger partial charge in [-0.25, -0.2) is 0 Å². The number of nitrogens with zero attached hydrogens (tertiary/aromatic N) is 3. The van der Waals surface area contributed by atoms with Crippen LogP contribution in [0.3, 0.4) is 0 Å². The summed E-state index contributed by atoms with van der Waals surface area (Å²) in [5.74, 6) is 0. The van der Waals surface area contributed by atoms with E-state index in [-0.39, 0.29) is 5.56 Å². The van der Waals surface area contributed by atoms with E-state index >= 15 is 0 Å². The third kappa shape index (κ3) is 3.35. The van der Waals surface area contributed by atoms with Gasteiger partial charge in [-0.2, -0.15) is 5.10 Å². The maximum Gasteiger partial charge on any atom is 0.253 e. The van der Waals surface area contributed by atoms with Crippen molar-refractivity contribution >= 4 is 33.2 Å². The highest BCUT2D eigenvalue weighted by Gasteiger charge is 2.19. The lowest BCUT2D eigenvalue weighted by atomic mass is 10.0. The lowest BCUT2D eigenvalue weighted by molar-refractivity contribution is 0.250. The van der Waals surface area contributed by atoms with Gasteiger partial charge in [-0.1, -0.05) is 12.1 Å². The zero-order valence-electron chi connectivity index (χ0n) is 17.4. The normalized spacial score (nSPS) is 17.1. The second-order valence-electron chi connectivity index (χ2n) is 8.62. The second-order valence-corrected chi connectivity index (χ2v) is 8.62. The van der Waals surface area contributed by atoms with Gasteiger partial charge in [0, 0.05) is 61.3 Å². The summed E-state index contributed by atoms with van der Waals surface area (Å²) < 4.78 is 0. The molecule has 31 heavy (non-hydrogen) atoms. The Bertz CT molecular complexity index is 1310. The van der Waals surface area contributed by atoms with Crippen LogP contribution in [0.2, 0.25) is 0 Å². The number of rotatable bonds is 3. The van der Waals surface area contributed by atoms with Crippen molar-refractivity contribution in [2.24, 2.45) is 0 Å². The van der Waals surface area contributed by atoms with Crippen LogP contribution in [0.1, 0.15) is 17.5 Å². The molecule has 2 aliphatic heterocycles. The Labute approximate surface area is 180 Å². The molecule has 7 heteroatoms. The third-order valence-electron chi connectivity index (χ3n) is 6.65. The summed E-state index contributed by atoms with van der Waals surface area (Å²) in [5.41, 5.74) is 6.48. The van der Waals surface area contributed by atoms with Crippen molar-refractivity contribution in [2.75, 3.05) is 42.9 Å². The molecule has 0 radical (unpaired) electrons. The highest BCUT2D eigenvalue weighted by molar-refractivity contribution is 5.93. The first-order valence-corrected chi connectivity index (χ1v) is 11.1. The summed E-state index contributed by atoms with van der Waals surface area (Å²) in [6.45, 7) is 5.87. The maximum absolute atomic E-state index is 12.5. The molecule has 7 nitrogen and oxygen atoms in total. The van der Waals surface area contributed by atoms with Gasteiger partial charge < -0.3 is 15.2 Å². The van der Waals surface area contributed by atoms with E-state index in [1.165, 1.54) is 11.3 Å². The van der Waals surface area contributed by atoms with Crippen molar-refractivity contribution in [3.63, 3.8) is 0 Å². The summed E-state index contributed by atoms with van der Waals surface area (Å²) in [5, 5.41) is 12.9. The molecule has 158 valence electrons. The molecule has 0 atom stereocenters. The molecule has 4 heterocycles. The van der Waals surface area contributed by atoms with Gasteiger partial charge in [0.1, 0.15) is 0 Å². The first kappa shape index (κ1) is 18.4. The number of piperazine rings is 1. The maximum atomic E-state index is 12.5. The number of H-pyrrole nitrogens is 2. The minimum absolute atomic E-state index is 0.0506. The van der Waals surface area contributed by atoms with E-state index in [1.54, 1.807) is 0 Å². The molecule has 0 spiro atoms. The fourth-order valence-corrected chi connectivity index (χ4v) is 4.95. The lowest BCUT2D eigenvalue weighted by Crippen LogP contribution is -2.45.